The predicted molar refractivity (Wildman–Crippen MR) is 128 cm³/mol. The molecule has 0 saturated heterocycles. The van der Waals surface area contributed by atoms with Gasteiger partial charge in [0.05, 0.1) is 32.4 Å². The van der Waals surface area contributed by atoms with Crippen molar-refractivity contribution in [3.05, 3.63) is 78.1 Å². The van der Waals surface area contributed by atoms with Crippen LogP contribution in [0.1, 0.15) is 15.9 Å². The van der Waals surface area contributed by atoms with Crippen LogP contribution in [0.15, 0.2) is 67.0 Å². The van der Waals surface area contributed by atoms with Crippen LogP contribution in [0.4, 0.5) is 11.5 Å². The molecule has 5 rings (SSSR count). The normalized spacial score (nSPS) is 10.9. The van der Waals surface area contributed by atoms with Crippen LogP contribution in [0.3, 0.4) is 0 Å². The lowest BCUT2D eigenvalue weighted by molar-refractivity contribution is 0.103. The van der Waals surface area contributed by atoms with Crippen molar-refractivity contribution < 1.29 is 19.0 Å². The Bertz CT molecular complexity index is 1490. The number of ether oxygens (including phenoxy) is 3. The first kappa shape index (κ1) is 21.2. The second-order valence-corrected chi connectivity index (χ2v) is 7.42. The Morgan fingerprint density at radius 1 is 0.882 bits per heavy atom. The highest BCUT2D eigenvalue weighted by Gasteiger charge is 2.17. The monoisotopic (exact) mass is 455 g/mol. The maximum atomic E-state index is 12.9. The van der Waals surface area contributed by atoms with Crippen LogP contribution in [0.25, 0.3) is 16.7 Å². The first-order valence-electron chi connectivity index (χ1n) is 10.4. The summed E-state index contributed by atoms with van der Waals surface area (Å²) in [5, 5.41) is 11.6. The van der Waals surface area contributed by atoms with Crippen molar-refractivity contribution in [2.24, 2.45) is 0 Å². The summed E-state index contributed by atoms with van der Waals surface area (Å²) in [6, 6.07) is 18.1. The predicted octanol–water partition coefficient (Wildman–Crippen LogP) is 4.28. The maximum Gasteiger partial charge on any atom is 0.204 e. The summed E-state index contributed by atoms with van der Waals surface area (Å²) in [5.41, 5.74) is 3.74. The van der Waals surface area contributed by atoms with Crippen LogP contribution >= 0.6 is 0 Å². The molecule has 0 saturated carbocycles. The molecule has 9 heteroatoms. The van der Waals surface area contributed by atoms with Gasteiger partial charge in [-0.05, 0) is 18.2 Å². The van der Waals surface area contributed by atoms with E-state index in [4.69, 9.17) is 19.2 Å². The average Bonchev–Trinajstić information content (AvgIpc) is 3.39. The fraction of sp³-hybridized carbons (Fsp3) is 0.120. The van der Waals surface area contributed by atoms with Gasteiger partial charge >= 0.3 is 0 Å². The number of carbonyl (C=O) groups is 1. The number of ketones is 1. The van der Waals surface area contributed by atoms with Crippen molar-refractivity contribution >= 4 is 34.0 Å². The van der Waals surface area contributed by atoms with Gasteiger partial charge < -0.3 is 19.5 Å². The van der Waals surface area contributed by atoms with E-state index in [0.29, 0.717) is 51.0 Å². The molecule has 0 aliphatic carbocycles. The summed E-state index contributed by atoms with van der Waals surface area (Å²) in [5.74, 6) is 1.92. The third-order valence-electron chi connectivity index (χ3n) is 5.45. The summed E-state index contributed by atoms with van der Waals surface area (Å²) in [6.07, 6.45) is 1.59. The molecule has 5 aromatic rings. The van der Waals surface area contributed by atoms with E-state index >= 15 is 0 Å². The molecule has 0 amide bonds. The molecule has 0 fully saturated rings. The second kappa shape index (κ2) is 8.70. The van der Waals surface area contributed by atoms with E-state index in [0.717, 1.165) is 5.52 Å². The van der Waals surface area contributed by atoms with Gasteiger partial charge in [0.15, 0.2) is 23.1 Å². The van der Waals surface area contributed by atoms with Gasteiger partial charge in [-0.2, -0.15) is 0 Å². The van der Waals surface area contributed by atoms with Crippen LogP contribution in [0, 0.1) is 0 Å². The van der Waals surface area contributed by atoms with E-state index in [2.05, 4.69) is 15.5 Å². The Morgan fingerprint density at radius 2 is 1.62 bits per heavy atom. The minimum atomic E-state index is -0.0663. The van der Waals surface area contributed by atoms with Crippen LogP contribution in [-0.4, -0.2) is 46.7 Å². The van der Waals surface area contributed by atoms with Crippen LogP contribution in [-0.2, 0) is 0 Å². The number of benzene rings is 3. The van der Waals surface area contributed by atoms with Gasteiger partial charge in [0.25, 0.3) is 0 Å². The third-order valence-corrected chi connectivity index (χ3v) is 5.45. The second-order valence-electron chi connectivity index (χ2n) is 7.42. The fourth-order valence-corrected chi connectivity index (χ4v) is 3.83. The summed E-state index contributed by atoms with van der Waals surface area (Å²) in [6.45, 7) is 0. The standard InChI is InChI=1S/C25H21N5O4/c1-32-20-12-17(13-21(33-2)23(20)34-3)27-24-25-29-26-14-30(25)19-11-16(9-10-18(19)28-24)22(31)15-7-5-4-6-8-15/h4-14H,1-3H3,(H,27,28). The van der Waals surface area contributed by atoms with E-state index in [9.17, 15) is 4.79 Å². The van der Waals surface area contributed by atoms with Gasteiger partial charge in [-0.15, -0.1) is 10.2 Å². The maximum absolute atomic E-state index is 12.9. The van der Waals surface area contributed by atoms with E-state index in [1.807, 2.05) is 24.3 Å². The molecule has 0 bridgehead atoms. The largest absolute Gasteiger partial charge is 0.493 e. The molecule has 2 heterocycles. The fourth-order valence-electron chi connectivity index (χ4n) is 3.83. The van der Waals surface area contributed by atoms with Crippen molar-refractivity contribution in [3.8, 4) is 17.2 Å². The lowest BCUT2D eigenvalue weighted by Crippen LogP contribution is -2.04. The Hall–Kier alpha value is -4.66. The molecule has 3 aromatic carbocycles. The number of hydrogen-bond donors (Lipinski definition) is 1. The lowest BCUT2D eigenvalue weighted by Gasteiger charge is -2.15. The molecular formula is C25H21N5O4. The van der Waals surface area contributed by atoms with Gasteiger partial charge in [0, 0.05) is 28.9 Å². The molecule has 0 atom stereocenters. The summed E-state index contributed by atoms with van der Waals surface area (Å²) in [4.78, 5) is 17.7. The number of nitrogens with one attached hydrogen (secondary N) is 1. The molecule has 170 valence electrons. The summed E-state index contributed by atoms with van der Waals surface area (Å²) >= 11 is 0. The zero-order valence-electron chi connectivity index (χ0n) is 18.8. The lowest BCUT2D eigenvalue weighted by atomic mass is 10.0. The average molecular weight is 455 g/mol. The molecule has 2 aromatic heterocycles. The van der Waals surface area contributed by atoms with E-state index in [1.165, 1.54) is 0 Å². The molecule has 0 aliphatic rings. The number of carbonyl (C=O) groups excluding carboxylic acids is 1. The van der Waals surface area contributed by atoms with Crippen molar-refractivity contribution in [2.45, 2.75) is 0 Å². The number of nitrogens with zero attached hydrogens (tertiary/aromatic N) is 4. The molecule has 0 radical (unpaired) electrons. The number of fused-ring (bicyclic) bond motifs is 3. The molecular weight excluding hydrogens is 434 g/mol. The first-order valence-corrected chi connectivity index (χ1v) is 10.4. The zero-order valence-corrected chi connectivity index (χ0v) is 18.8. The van der Waals surface area contributed by atoms with Crippen molar-refractivity contribution in [3.63, 3.8) is 0 Å². The highest BCUT2D eigenvalue weighted by atomic mass is 16.5. The molecule has 0 unspecified atom stereocenters. The van der Waals surface area contributed by atoms with Crippen molar-refractivity contribution in [1.82, 2.24) is 19.6 Å². The number of aromatic nitrogens is 4. The minimum Gasteiger partial charge on any atom is -0.493 e. The number of methoxy groups -OCH3 is 3. The zero-order chi connectivity index (χ0) is 23.7. The van der Waals surface area contributed by atoms with Gasteiger partial charge in [-0.1, -0.05) is 30.3 Å². The Balaban J connectivity index is 1.59. The van der Waals surface area contributed by atoms with Crippen LogP contribution in [0.2, 0.25) is 0 Å². The van der Waals surface area contributed by atoms with Gasteiger partial charge in [0.1, 0.15) is 6.33 Å². The molecule has 34 heavy (non-hydrogen) atoms. The van der Waals surface area contributed by atoms with Crippen LogP contribution < -0.4 is 19.5 Å². The Morgan fingerprint density at radius 3 is 2.29 bits per heavy atom. The highest BCUT2D eigenvalue weighted by Crippen LogP contribution is 2.40. The van der Waals surface area contributed by atoms with Gasteiger partial charge in [0.2, 0.25) is 11.4 Å². The third kappa shape index (κ3) is 3.62. The smallest absolute Gasteiger partial charge is 0.204 e. The van der Waals surface area contributed by atoms with Gasteiger partial charge in [-0.25, -0.2) is 4.98 Å². The van der Waals surface area contributed by atoms with Crippen molar-refractivity contribution in [2.75, 3.05) is 26.6 Å². The Kier molecular flexibility index (Phi) is 5.43. The first-order chi connectivity index (χ1) is 16.6. The number of anilines is 2. The van der Waals surface area contributed by atoms with E-state index in [1.54, 1.807) is 68.5 Å². The highest BCUT2D eigenvalue weighted by molar-refractivity contribution is 6.10. The van der Waals surface area contributed by atoms with Crippen LogP contribution in [0.5, 0.6) is 17.2 Å². The quantitative estimate of drug-likeness (QED) is 0.363. The minimum absolute atomic E-state index is 0.0663. The number of rotatable bonds is 7. The topological polar surface area (TPSA) is 99.9 Å². The molecule has 1 N–H and O–H groups in total. The van der Waals surface area contributed by atoms with E-state index in [-0.39, 0.29) is 5.78 Å². The SMILES string of the molecule is COc1cc(Nc2nc3ccc(C(=O)c4ccccc4)cc3n3cnnc23)cc(OC)c1OC. The number of hydrogen-bond acceptors (Lipinski definition) is 8. The summed E-state index contributed by atoms with van der Waals surface area (Å²) < 4.78 is 18.1. The molecule has 0 aliphatic heterocycles. The molecule has 9 nitrogen and oxygen atoms in total. The molecule has 0 spiro atoms. The van der Waals surface area contributed by atoms with E-state index < -0.39 is 0 Å². The summed E-state index contributed by atoms with van der Waals surface area (Å²) in [7, 11) is 4.66. The van der Waals surface area contributed by atoms with Crippen molar-refractivity contribution in [1.29, 1.82) is 0 Å². The Labute approximate surface area is 194 Å². The van der Waals surface area contributed by atoms with Gasteiger partial charge in [-0.3, -0.25) is 9.20 Å².